The number of carboxylic acid groups (broad SMARTS) is 1. The molecule has 2 unspecified atom stereocenters. The highest BCUT2D eigenvalue weighted by molar-refractivity contribution is 5.83. The molecule has 8 nitrogen and oxygen atoms in total. The first-order chi connectivity index (χ1) is 8.99. The Morgan fingerprint density at radius 3 is 2.68 bits per heavy atom. The average molecular weight is 273 g/mol. The molecule has 1 fully saturated rings. The van der Waals surface area contributed by atoms with Gasteiger partial charge in [0.25, 0.3) is 0 Å². The van der Waals surface area contributed by atoms with Crippen LogP contribution in [0.4, 0.5) is 4.79 Å². The number of carboxylic acids is 1. The number of ether oxygens (including phenoxy) is 1. The molecule has 1 aliphatic rings. The van der Waals surface area contributed by atoms with Gasteiger partial charge >= 0.3 is 12.0 Å². The largest absolute Gasteiger partial charge is 0.480 e. The van der Waals surface area contributed by atoms with Gasteiger partial charge in [0.2, 0.25) is 5.91 Å². The van der Waals surface area contributed by atoms with Crippen LogP contribution in [0.2, 0.25) is 0 Å². The molecular formula is C11H19N3O5. The number of nitrogens with two attached hydrogens (primary N) is 1. The van der Waals surface area contributed by atoms with Crippen molar-refractivity contribution in [1.29, 1.82) is 0 Å². The lowest BCUT2D eigenvalue weighted by molar-refractivity contribution is -0.139. The summed E-state index contributed by atoms with van der Waals surface area (Å²) in [6.07, 6.45) is 1.70. The summed E-state index contributed by atoms with van der Waals surface area (Å²) in [6.45, 7) is 1.03. The molecular weight excluding hydrogens is 254 g/mol. The highest BCUT2D eigenvalue weighted by atomic mass is 16.5. The molecule has 2 atom stereocenters. The molecule has 0 saturated carbocycles. The summed E-state index contributed by atoms with van der Waals surface area (Å²) in [6, 6.07) is -1.72. The molecule has 0 aromatic rings. The van der Waals surface area contributed by atoms with Crippen molar-refractivity contribution in [3.8, 4) is 0 Å². The van der Waals surface area contributed by atoms with Crippen molar-refractivity contribution in [2.75, 3.05) is 13.2 Å². The smallest absolute Gasteiger partial charge is 0.326 e. The molecule has 3 amide bonds. The fourth-order valence-electron chi connectivity index (χ4n) is 1.77. The van der Waals surface area contributed by atoms with E-state index < -0.39 is 23.9 Å². The van der Waals surface area contributed by atoms with Gasteiger partial charge in [-0.3, -0.25) is 4.79 Å². The third-order valence-electron chi connectivity index (χ3n) is 2.80. The standard InChI is InChI=1S/C11H19N3O5/c12-9(15)4-3-8(10(16)17)14-11(18)13-6-7-2-1-5-19-7/h7-8H,1-6H2,(H2,12,15)(H,16,17)(H2,13,14,18). The Balaban J connectivity index is 2.29. The number of carbonyl (C=O) groups is 3. The van der Waals surface area contributed by atoms with Gasteiger partial charge in [-0.15, -0.1) is 0 Å². The maximum Gasteiger partial charge on any atom is 0.326 e. The second-order valence-electron chi connectivity index (χ2n) is 4.39. The fraction of sp³-hybridized carbons (Fsp3) is 0.727. The summed E-state index contributed by atoms with van der Waals surface area (Å²) in [4.78, 5) is 33.0. The Morgan fingerprint density at radius 1 is 1.42 bits per heavy atom. The van der Waals surface area contributed by atoms with Crippen LogP contribution in [0.15, 0.2) is 0 Å². The Morgan fingerprint density at radius 2 is 2.16 bits per heavy atom. The fourth-order valence-corrected chi connectivity index (χ4v) is 1.77. The summed E-state index contributed by atoms with van der Waals surface area (Å²) >= 11 is 0. The predicted molar refractivity (Wildman–Crippen MR) is 65.4 cm³/mol. The molecule has 19 heavy (non-hydrogen) atoms. The number of carbonyl (C=O) groups excluding carboxylic acids is 2. The Bertz CT molecular complexity index is 341. The lowest BCUT2D eigenvalue weighted by Gasteiger charge is -2.16. The number of primary amides is 1. The molecule has 108 valence electrons. The van der Waals surface area contributed by atoms with E-state index in [-0.39, 0.29) is 18.9 Å². The van der Waals surface area contributed by atoms with Crippen LogP contribution >= 0.6 is 0 Å². The third kappa shape index (κ3) is 6.05. The molecule has 5 N–H and O–H groups in total. The molecule has 0 aromatic heterocycles. The van der Waals surface area contributed by atoms with Crippen molar-refractivity contribution in [3.63, 3.8) is 0 Å². The number of rotatable bonds is 7. The SMILES string of the molecule is NC(=O)CCC(NC(=O)NCC1CCCO1)C(=O)O. The first-order valence-corrected chi connectivity index (χ1v) is 6.16. The van der Waals surface area contributed by atoms with E-state index in [1.165, 1.54) is 0 Å². The van der Waals surface area contributed by atoms with Crippen LogP contribution in [0.3, 0.4) is 0 Å². The topological polar surface area (TPSA) is 131 Å². The normalized spacial score (nSPS) is 19.7. The van der Waals surface area contributed by atoms with Crippen LogP contribution in [0.5, 0.6) is 0 Å². The van der Waals surface area contributed by atoms with Crippen LogP contribution in [0.25, 0.3) is 0 Å². The zero-order valence-corrected chi connectivity index (χ0v) is 10.6. The summed E-state index contributed by atoms with van der Waals surface area (Å²) in [5, 5.41) is 13.7. The van der Waals surface area contributed by atoms with E-state index in [0.29, 0.717) is 13.2 Å². The van der Waals surface area contributed by atoms with Gasteiger partial charge < -0.3 is 26.2 Å². The lowest BCUT2D eigenvalue weighted by atomic mass is 10.1. The zero-order valence-electron chi connectivity index (χ0n) is 10.6. The average Bonchev–Trinajstić information content (AvgIpc) is 2.84. The van der Waals surface area contributed by atoms with E-state index in [0.717, 1.165) is 12.8 Å². The predicted octanol–water partition coefficient (Wildman–Crippen LogP) is -0.817. The number of nitrogens with one attached hydrogen (secondary N) is 2. The quantitative estimate of drug-likeness (QED) is 0.481. The van der Waals surface area contributed by atoms with Gasteiger partial charge in [-0.25, -0.2) is 9.59 Å². The molecule has 1 aliphatic heterocycles. The summed E-state index contributed by atoms with van der Waals surface area (Å²) in [5.74, 6) is -1.80. The van der Waals surface area contributed by atoms with Gasteiger partial charge in [0.05, 0.1) is 6.10 Å². The number of aliphatic carboxylic acids is 1. The molecule has 8 heteroatoms. The number of hydrogen-bond acceptors (Lipinski definition) is 4. The van der Waals surface area contributed by atoms with Gasteiger partial charge in [0.1, 0.15) is 6.04 Å². The maximum absolute atomic E-state index is 11.5. The molecule has 1 saturated heterocycles. The Kier molecular flexibility index (Phi) is 6.07. The van der Waals surface area contributed by atoms with E-state index in [9.17, 15) is 14.4 Å². The van der Waals surface area contributed by atoms with Gasteiger partial charge in [0, 0.05) is 19.6 Å². The van der Waals surface area contributed by atoms with Gasteiger partial charge in [-0.2, -0.15) is 0 Å². The summed E-state index contributed by atoms with van der Waals surface area (Å²) in [5.41, 5.74) is 4.94. The number of hydrogen-bond donors (Lipinski definition) is 4. The highest BCUT2D eigenvalue weighted by Gasteiger charge is 2.21. The molecule has 1 rings (SSSR count). The van der Waals surface area contributed by atoms with Gasteiger partial charge in [-0.1, -0.05) is 0 Å². The minimum atomic E-state index is -1.20. The molecule has 0 aliphatic carbocycles. The van der Waals surface area contributed by atoms with Crippen LogP contribution < -0.4 is 16.4 Å². The number of urea groups is 1. The zero-order chi connectivity index (χ0) is 14.3. The van der Waals surface area contributed by atoms with E-state index in [2.05, 4.69) is 10.6 Å². The molecule has 0 aromatic carbocycles. The minimum Gasteiger partial charge on any atom is -0.480 e. The first-order valence-electron chi connectivity index (χ1n) is 6.16. The van der Waals surface area contributed by atoms with Crippen LogP contribution in [-0.2, 0) is 14.3 Å². The van der Waals surface area contributed by atoms with Crippen LogP contribution in [0.1, 0.15) is 25.7 Å². The van der Waals surface area contributed by atoms with E-state index in [4.69, 9.17) is 15.6 Å². The van der Waals surface area contributed by atoms with Gasteiger partial charge in [0.15, 0.2) is 0 Å². The molecule has 0 bridgehead atoms. The maximum atomic E-state index is 11.5. The Labute approximate surface area is 110 Å². The van der Waals surface area contributed by atoms with Gasteiger partial charge in [-0.05, 0) is 19.3 Å². The second-order valence-corrected chi connectivity index (χ2v) is 4.39. The second kappa shape index (κ2) is 7.57. The Hall–Kier alpha value is -1.83. The van der Waals surface area contributed by atoms with E-state index in [1.807, 2.05) is 0 Å². The van der Waals surface area contributed by atoms with Crippen LogP contribution in [-0.4, -0.2) is 48.3 Å². The van der Waals surface area contributed by atoms with Crippen molar-refractivity contribution >= 4 is 17.9 Å². The van der Waals surface area contributed by atoms with E-state index in [1.54, 1.807) is 0 Å². The van der Waals surface area contributed by atoms with Crippen molar-refractivity contribution in [3.05, 3.63) is 0 Å². The lowest BCUT2D eigenvalue weighted by Crippen LogP contribution is -2.47. The van der Waals surface area contributed by atoms with E-state index >= 15 is 0 Å². The molecule has 1 heterocycles. The number of amides is 3. The first kappa shape index (κ1) is 15.2. The van der Waals surface area contributed by atoms with Crippen molar-refractivity contribution < 1.29 is 24.2 Å². The molecule has 0 spiro atoms. The van der Waals surface area contributed by atoms with Crippen molar-refractivity contribution in [2.24, 2.45) is 5.73 Å². The van der Waals surface area contributed by atoms with Crippen molar-refractivity contribution in [2.45, 2.75) is 37.8 Å². The van der Waals surface area contributed by atoms with Crippen molar-refractivity contribution in [1.82, 2.24) is 10.6 Å². The monoisotopic (exact) mass is 273 g/mol. The third-order valence-corrected chi connectivity index (χ3v) is 2.80. The van der Waals surface area contributed by atoms with Crippen LogP contribution in [0, 0.1) is 0 Å². The minimum absolute atomic E-state index is 0.0142. The molecule has 0 radical (unpaired) electrons. The summed E-state index contributed by atoms with van der Waals surface area (Å²) < 4.78 is 5.31. The summed E-state index contributed by atoms with van der Waals surface area (Å²) in [7, 11) is 0. The highest BCUT2D eigenvalue weighted by Crippen LogP contribution is 2.10.